The minimum atomic E-state index is 0.484. The molecule has 0 bridgehead atoms. The van der Waals surface area contributed by atoms with E-state index in [9.17, 15) is 0 Å². The molecule has 0 saturated carbocycles. The average molecular weight is 338 g/mol. The molecular weight excluding hydrogens is 320 g/mol. The van der Waals surface area contributed by atoms with Crippen molar-refractivity contribution < 1.29 is 0 Å². The van der Waals surface area contributed by atoms with Gasteiger partial charge in [0.25, 0.3) is 0 Å². The summed E-state index contributed by atoms with van der Waals surface area (Å²) in [5.74, 6) is 1.18. The van der Waals surface area contributed by atoms with E-state index in [1.807, 2.05) is 18.3 Å². The van der Waals surface area contributed by atoms with E-state index in [1.54, 1.807) is 30.1 Å². The fourth-order valence-corrected chi connectivity index (χ4v) is 3.86. The highest BCUT2D eigenvalue weighted by Crippen LogP contribution is 2.27. The quantitative estimate of drug-likeness (QED) is 0.729. The average Bonchev–Trinajstić information content (AvgIpc) is 3.12. The Morgan fingerprint density at radius 3 is 2.92 bits per heavy atom. The van der Waals surface area contributed by atoms with Gasteiger partial charge in [-0.3, -0.25) is 4.90 Å². The molecule has 6 nitrogen and oxygen atoms in total. The molecule has 0 unspecified atom stereocenters. The molecule has 4 heterocycles. The third-order valence-corrected chi connectivity index (χ3v) is 5.11. The molecule has 1 fully saturated rings. The largest absolute Gasteiger partial charge is 0.297 e. The number of likely N-dealkylation sites (tertiary alicyclic amines) is 1. The Kier molecular flexibility index (Phi) is 4.53. The van der Waals surface area contributed by atoms with Gasteiger partial charge in [0.05, 0.1) is 5.69 Å². The molecule has 122 valence electrons. The minimum Gasteiger partial charge on any atom is -0.297 e. The van der Waals surface area contributed by atoms with Crippen LogP contribution in [0.4, 0.5) is 0 Å². The highest BCUT2D eigenvalue weighted by molar-refractivity contribution is 7.13. The highest BCUT2D eigenvalue weighted by atomic mass is 32.1. The Balaban J connectivity index is 1.43. The number of thiazole rings is 1. The molecule has 24 heavy (non-hydrogen) atoms. The molecule has 1 aliphatic heterocycles. The van der Waals surface area contributed by atoms with E-state index in [-0.39, 0.29) is 0 Å². The van der Waals surface area contributed by atoms with Crippen molar-refractivity contribution in [1.29, 1.82) is 0 Å². The first kappa shape index (κ1) is 15.3. The van der Waals surface area contributed by atoms with Gasteiger partial charge >= 0.3 is 0 Å². The zero-order valence-corrected chi connectivity index (χ0v) is 14.1. The summed E-state index contributed by atoms with van der Waals surface area (Å²) in [6.45, 7) is 2.99. The molecule has 1 atom stereocenters. The molecule has 7 heteroatoms. The Morgan fingerprint density at radius 2 is 2.08 bits per heavy atom. The van der Waals surface area contributed by atoms with Gasteiger partial charge < -0.3 is 0 Å². The Bertz CT molecular complexity index is 776. The number of hydrogen-bond acceptors (Lipinski definition) is 7. The summed E-state index contributed by atoms with van der Waals surface area (Å²) < 4.78 is 0. The number of rotatable bonds is 4. The summed E-state index contributed by atoms with van der Waals surface area (Å²) in [6.07, 6.45) is 9.34. The van der Waals surface area contributed by atoms with E-state index in [4.69, 9.17) is 4.98 Å². The SMILES string of the molecule is c1cnc(-c2nc(CN3CCC[C@@H](c4ccncn4)C3)cs2)nc1. The van der Waals surface area contributed by atoms with Gasteiger partial charge in [-0.25, -0.2) is 24.9 Å². The van der Waals surface area contributed by atoms with Crippen LogP contribution in [0, 0.1) is 0 Å². The van der Waals surface area contributed by atoms with Gasteiger partial charge in [-0.2, -0.15) is 0 Å². The van der Waals surface area contributed by atoms with Crippen LogP contribution in [0.3, 0.4) is 0 Å². The van der Waals surface area contributed by atoms with E-state index in [0.717, 1.165) is 36.0 Å². The molecule has 0 radical (unpaired) electrons. The topological polar surface area (TPSA) is 67.7 Å². The van der Waals surface area contributed by atoms with Crippen LogP contribution in [0.1, 0.15) is 30.1 Å². The van der Waals surface area contributed by atoms with Crippen LogP contribution in [-0.4, -0.2) is 42.9 Å². The molecular formula is C17H18N6S. The van der Waals surface area contributed by atoms with E-state index in [2.05, 4.69) is 30.2 Å². The van der Waals surface area contributed by atoms with Crippen molar-refractivity contribution in [1.82, 2.24) is 29.8 Å². The molecule has 0 N–H and O–H groups in total. The molecule has 0 spiro atoms. The predicted molar refractivity (Wildman–Crippen MR) is 92.4 cm³/mol. The second-order valence-corrected chi connectivity index (χ2v) is 6.78. The normalized spacial score (nSPS) is 18.6. The minimum absolute atomic E-state index is 0.484. The van der Waals surface area contributed by atoms with Crippen LogP contribution in [0.15, 0.2) is 42.4 Å². The first-order valence-electron chi connectivity index (χ1n) is 8.08. The summed E-state index contributed by atoms with van der Waals surface area (Å²) in [5.41, 5.74) is 2.23. The third kappa shape index (κ3) is 3.47. The lowest BCUT2D eigenvalue weighted by Crippen LogP contribution is -2.34. The summed E-state index contributed by atoms with van der Waals surface area (Å²) in [4.78, 5) is 24.1. The van der Waals surface area contributed by atoms with E-state index < -0.39 is 0 Å². The van der Waals surface area contributed by atoms with Crippen LogP contribution in [0.2, 0.25) is 0 Å². The molecule has 1 saturated heterocycles. The van der Waals surface area contributed by atoms with Crippen molar-refractivity contribution in [2.24, 2.45) is 0 Å². The second-order valence-electron chi connectivity index (χ2n) is 5.92. The van der Waals surface area contributed by atoms with Crippen molar-refractivity contribution in [3.63, 3.8) is 0 Å². The van der Waals surface area contributed by atoms with Crippen LogP contribution in [-0.2, 0) is 6.54 Å². The van der Waals surface area contributed by atoms with Crippen molar-refractivity contribution in [3.05, 3.63) is 53.8 Å². The first-order valence-corrected chi connectivity index (χ1v) is 8.96. The van der Waals surface area contributed by atoms with Gasteiger partial charge in [0.15, 0.2) is 10.8 Å². The van der Waals surface area contributed by atoms with Crippen molar-refractivity contribution >= 4 is 11.3 Å². The van der Waals surface area contributed by atoms with Crippen LogP contribution < -0.4 is 0 Å². The maximum atomic E-state index is 4.70. The van der Waals surface area contributed by atoms with Crippen molar-refractivity contribution in [3.8, 4) is 10.8 Å². The van der Waals surface area contributed by atoms with E-state index in [0.29, 0.717) is 11.7 Å². The zero-order chi connectivity index (χ0) is 16.2. The summed E-state index contributed by atoms with van der Waals surface area (Å²) in [7, 11) is 0. The third-order valence-electron chi connectivity index (χ3n) is 4.22. The van der Waals surface area contributed by atoms with E-state index >= 15 is 0 Å². The molecule has 3 aromatic heterocycles. The molecule has 0 aliphatic carbocycles. The Morgan fingerprint density at radius 1 is 1.17 bits per heavy atom. The lowest BCUT2D eigenvalue weighted by atomic mass is 9.94. The monoisotopic (exact) mass is 338 g/mol. The van der Waals surface area contributed by atoms with Gasteiger partial charge in [-0.1, -0.05) is 0 Å². The summed E-state index contributed by atoms with van der Waals surface area (Å²) >= 11 is 1.61. The molecule has 1 aliphatic rings. The smallest absolute Gasteiger partial charge is 0.188 e. The van der Waals surface area contributed by atoms with Crippen molar-refractivity contribution in [2.45, 2.75) is 25.3 Å². The fourth-order valence-electron chi connectivity index (χ4n) is 3.10. The molecule has 0 aromatic carbocycles. The lowest BCUT2D eigenvalue weighted by molar-refractivity contribution is 0.197. The standard InChI is InChI=1S/C17H18N6S/c1-3-13(15-4-7-18-12-21-15)9-23(8-1)10-14-11-24-17(22-14)16-19-5-2-6-20-16/h2,4-7,11-13H,1,3,8-10H2/t13-/m1/s1. The molecule has 3 aromatic rings. The second kappa shape index (κ2) is 7.11. The zero-order valence-electron chi connectivity index (χ0n) is 13.2. The van der Waals surface area contributed by atoms with E-state index in [1.165, 1.54) is 12.8 Å². The van der Waals surface area contributed by atoms with Gasteiger partial charge in [-0.05, 0) is 31.5 Å². The summed E-state index contributed by atoms with van der Waals surface area (Å²) in [5, 5.41) is 3.00. The van der Waals surface area contributed by atoms with Gasteiger partial charge in [0.1, 0.15) is 6.33 Å². The number of aromatic nitrogens is 5. The maximum Gasteiger partial charge on any atom is 0.188 e. The highest BCUT2D eigenvalue weighted by Gasteiger charge is 2.23. The lowest BCUT2D eigenvalue weighted by Gasteiger charge is -2.31. The van der Waals surface area contributed by atoms with Crippen LogP contribution >= 0.6 is 11.3 Å². The summed E-state index contributed by atoms with van der Waals surface area (Å²) in [6, 6.07) is 3.85. The van der Waals surface area contributed by atoms with Crippen LogP contribution in [0.25, 0.3) is 10.8 Å². The maximum absolute atomic E-state index is 4.70. The molecule has 0 amide bonds. The predicted octanol–water partition coefficient (Wildman–Crippen LogP) is 2.77. The van der Waals surface area contributed by atoms with Gasteiger partial charge in [0, 0.05) is 48.7 Å². The Hall–Kier alpha value is -2.25. The van der Waals surface area contributed by atoms with Crippen molar-refractivity contribution in [2.75, 3.05) is 13.1 Å². The first-order chi connectivity index (χ1) is 11.9. The fraction of sp³-hybridized carbons (Fsp3) is 0.353. The Labute approximate surface area is 144 Å². The van der Waals surface area contributed by atoms with Crippen LogP contribution in [0.5, 0.6) is 0 Å². The van der Waals surface area contributed by atoms with Gasteiger partial charge in [-0.15, -0.1) is 11.3 Å². The number of hydrogen-bond donors (Lipinski definition) is 0. The number of piperidine rings is 1. The number of nitrogens with zero attached hydrogens (tertiary/aromatic N) is 6. The molecule has 4 rings (SSSR count). The van der Waals surface area contributed by atoms with Gasteiger partial charge in [0.2, 0.25) is 0 Å².